The number of rotatable bonds is 7. The Morgan fingerprint density at radius 2 is 1.97 bits per heavy atom. The van der Waals surface area contributed by atoms with E-state index in [2.05, 4.69) is 15.9 Å². The summed E-state index contributed by atoms with van der Waals surface area (Å²) in [5, 5.41) is 0. The lowest BCUT2D eigenvalue weighted by Crippen LogP contribution is -2.43. The molecule has 0 aliphatic carbocycles. The van der Waals surface area contributed by atoms with Crippen molar-refractivity contribution < 1.29 is 23.8 Å². The van der Waals surface area contributed by atoms with Crippen LogP contribution in [-0.4, -0.2) is 60.6 Å². The Hall–Kier alpha value is -2.40. The second kappa shape index (κ2) is 11.6. The van der Waals surface area contributed by atoms with Crippen LogP contribution in [0.3, 0.4) is 0 Å². The van der Waals surface area contributed by atoms with Crippen LogP contribution in [0.25, 0.3) is 6.08 Å². The number of ether oxygens (including phenoxy) is 3. The lowest BCUT2D eigenvalue weighted by molar-refractivity contribution is -0.137. The zero-order valence-corrected chi connectivity index (χ0v) is 22.6. The Balaban J connectivity index is 1.55. The molecule has 0 bridgehead atoms. The predicted molar refractivity (Wildman–Crippen MR) is 145 cm³/mol. The summed E-state index contributed by atoms with van der Waals surface area (Å²) >= 11 is 10.3. The summed E-state index contributed by atoms with van der Waals surface area (Å²) in [6, 6.07) is 11.3. The number of nitrogens with zero attached hydrogens (tertiary/aromatic N) is 2. The molecule has 0 aromatic heterocycles. The van der Waals surface area contributed by atoms with Crippen LogP contribution in [0.4, 0.5) is 5.69 Å². The summed E-state index contributed by atoms with van der Waals surface area (Å²) in [6.45, 7) is 6.31. The van der Waals surface area contributed by atoms with Crippen LogP contribution >= 0.6 is 39.9 Å². The van der Waals surface area contributed by atoms with Crippen molar-refractivity contribution in [2.45, 2.75) is 13.8 Å². The molecule has 2 amide bonds. The molecule has 2 fully saturated rings. The molecule has 10 heteroatoms. The first-order valence-electron chi connectivity index (χ1n) is 11.2. The third-order valence-electron chi connectivity index (χ3n) is 5.48. The van der Waals surface area contributed by atoms with Crippen molar-refractivity contribution in [3.63, 3.8) is 0 Å². The van der Waals surface area contributed by atoms with Gasteiger partial charge in [0.1, 0.15) is 0 Å². The largest absolute Gasteiger partial charge is 0.490 e. The van der Waals surface area contributed by atoms with Gasteiger partial charge in [0.25, 0.3) is 11.8 Å². The fourth-order valence-electron chi connectivity index (χ4n) is 3.75. The number of benzene rings is 2. The Kier molecular flexibility index (Phi) is 8.48. The average molecular weight is 578 g/mol. The van der Waals surface area contributed by atoms with Gasteiger partial charge in [-0.05, 0) is 65.2 Å². The van der Waals surface area contributed by atoms with Crippen LogP contribution in [0.1, 0.15) is 18.1 Å². The van der Waals surface area contributed by atoms with E-state index in [0.29, 0.717) is 58.1 Å². The molecule has 0 radical (unpaired) electrons. The van der Waals surface area contributed by atoms with E-state index in [-0.39, 0.29) is 18.4 Å². The van der Waals surface area contributed by atoms with E-state index in [1.165, 1.54) is 11.8 Å². The molecular formula is C25H25BrN2O5S2. The highest BCUT2D eigenvalue weighted by Crippen LogP contribution is 2.40. The molecule has 2 aliphatic heterocycles. The third kappa shape index (κ3) is 5.88. The monoisotopic (exact) mass is 576 g/mol. The summed E-state index contributed by atoms with van der Waals surface area (Å²) < 4.78 is 18.1. The number of morpholine rings is 1. The minimum atomic E-state index is -0.167. The van der Waals surface area contributed by atoms with Crippen LogP contribution in [0.15, 0.2) is 45.8 Å². The topological polar surface area (TPSA) is 68.3 Å². The number of para-hydroxylation sites is 1. The minimum Gasteiger partial charge on any atom is -0.490 e. The fourth-order valence-corrected chi connectivity index (χ4v) is 5.61. The summed E-state index contributed by atoms with van der Waals surface area (Å²) in [5.41, 5.74) is 2.50. The smallest absolute Gasteiger partial charge is 0.270 e. The van der Waals surface area contributed by atoms with E-state index >= 15 is 0 Å². The first kappa shape index (κ1) is 25.7. The number of thiocarbonyl (C=S) groups is 1. The lowest BCUT2D eigenvalue weighted by atomic mass is 10.1. The van der Waals surface area contributed by atoms with Crippen molar-refractivity contribution in [2.24, 2.45) is 0 Å². The minimum absolute atomic E-state index is 0.104. The molecule has 2 aromatic rings. The summed E-state index contributed by atoms with van der Waals surface area (Å²) in [7, 11) is 0. The van der Waals surface area contributed by atoms with Crippen molar-refractivity contribution in [3.05, 3.63) is 56.9 Å². The van der Waals surface area contributed by atoms with Crippen molar-refractivity contribution in [1.82, 2.24) is 4.90 Å². The van der Waals surface area contributed by atoms with Gasteiger partial charge in [-0.15, -0.1) is 0 Å². The molecule has 2 aliphatic rings. The number of hydrogen-bond donors (Lipinski definition) is 0. The molecule has 2 heterocycles. The van der Waals surface area contributed by atoms with E-state index in [1.54, 1.807) is 21.9 Å². The van der Waals surface area contributed by atoms with Gasteiger partial charge in [-0.1, -0.05) is 42.2 Å². The van der Waals surface area contributed by atoms with Gasteiger partial charge >= 0.3 is 0 Å². The number of aryl methyl sites for hydroxylation is 1. The van der Waals surface area contributed by atoms with Gasteiger partial charge < -0.3 is 19.1 Å². The Bertz CT molecular complexity index is 1180. The molecule has 0 unspecified atom stereocenters. The number of carbonyl (C=O) groups is 2. The number of hydrogen-bond acceptors (Lipinski definition) is 7. The molecule has 0 saturated carbocycles. The third-order valence-corrected chi connectivity index (χ3v) is 7.37. The van der Waals surface area contributed by atoms with Crippen molar-refractivity contribution in [1.29, 1.82) is 0 Å². The van der Waals surface area contributed by atoms with Crippen molar-refractivity contribution in [2.75, 3.05) is 44.4 Å². The molecule has 4 rings (SSSR count). The first-order valence-corrected chi connectivity index (χ1v) is 13.2. The number of amides is 2. The second-order valence-corrected chi connectivity index (χ2v) is 10.4. The standard InChI is InChI=1S/C25H25BrN2O5S2/c1-3-32-20-13-17(12-18(26)23(20)33-15-22(29)27-8-10-31-11-9-27)14-21-24(30)28(25(34)35-21)19-7-5-4-6-16(19)2/h4-7,12-14H,3,8-11,15H2,1-2H3/b21-14-. The normalized spacial score (nSPS) is 17.3. The van der Waals surface area contributed by atoms with Gasteiger partial charge in [-0.2, -0.15) is 0 Å². The highest BCUT2D eigenvalue weighted by atomic mass is 79.9. The molecule has 2 aromatic carbocycles. The van der Waals surface area contributed by atoms with Crippen LogP contribution < -0.4 is 14.4 Å². The van der Waals surface area contributed by atoms with E-state index < -0.39 is 0 Å². The Morgan fingerprint density at radius 3 is 2.69 bits per heavy atom. The highest BCUT2D eigenvalue weighted by Gasteiger charge is 2.34. The van der Waals surface area contributed by atoms with E-state index in [0.717, 1.165) is 16.8 Å². The SMILES string of the molecule is CCOc1cc(/C=C2\SC(=S)N(c3ccccc3C)C2=O)cc(Br)c1OCC(=O)N1CCOCC1. The van der Waals surface area contributed by atoms with Crippen LogP contribution in [0.5, 0.6) is 11.5 Å². The van der Waals surface area contributed by atoms with Crippen molar-refractivity contribution >= 4 is 67.8 Å². The zero-order valence-electron chi connectivity index (χ0n) is 19.4. The maximum Gasteiger partial charge on any atom is 0.270 e. The average Bonchev–Trinajstić information content (AvgIpc) is 3.12. The number of anilines is 1. The molecule has 35 heavy (non-hydrogen) atoms. The molecule has 2 saturated heterocycles. The van der Waals surface area contributed by atoms with Gasteiger partial charge in [-0.3, -0.25) is 14.5 Å². The quantitative estimate of drug-likeness (QED) is 0.346. The van der Waals surface area contributed by atoms with Gasteiger partial charge in [0.15, 0.2) is 22.4 Å². The molecule has 0 atom stereocenters. The molecular weight excluding hydrogens is 552 g/mol. The van der Waals surface area contributed by atoms with E-state index in [1.807, 2.05) is 44.2 Å². The van der Waals surface area contributed by atoms with E-state index in [9.17, 15) is 9.59 Å². The maximum atomic E-state index is 13.2. The van der Waals surface area contributed by atoms with Crippen LogP contribution in [0.2, 0.25) is 0 Å². The van der Waals surface area contributed by atoms with Crippen LogP contribution in [-0.2, 0) is 14.3 Å². The van der Waals surface area contributed by atoms with E-state index in [4.69, 9.17) is 26.4 Å². The highest BCUT2D eigenvalue weighted by molar-refractivity contribution is 9.10. The zero-order chi connectivity index (χ0) is 24.9. The van der Waals surface area contributed by atoms with Gasteiger partial charge in [-0.25, -0.2) is 0 Å². The molecule has 0 spiro atoms. The molecule has 184 valence electrons. The van der Waals surface area contributed by atoms with Crippen molar-refractivity contribution in [3.8, 4) is 11.5 Å². The lowest BCUT2D eigenvalue weighted by Gasteiger charge is -2.27. The summed E-state index contributed by atoms with van der Waals surface area (Å²) in [6.07, 6.45) is 1.79. The summed E-state index contributed by atoms with van der Waals surface area (Å²) in [4.78, 5) is 29.5. The first-order chi connectivity index (χ1) is 16.9. The number of halogens is 1. The van der Waals surface area contributed by atoms with Crippen LogP contribution in [0, 0.1) is 6.92 Å². The molecule has 7 nitrogen and oxygen atoms in total. The fraction of sp³-hybridized carbons (Fsp3) is 0.320. The van der Waals surface area contributed by atoms with Gasteiger partial charge in [0, 0.05) is 13.1 Å². The maximum absolute atomic E-state index is 13.2. The van der Waals surface area contributed by atoms with Gasteiger partial charge in [0.2, 0.25) is 0 Å². The van der Waals surface area contributed by atoms with Gasteiger partial charge in [0.05, 0.1) is 34.9 Å². The Morgan fingerprint density at radius 1 is 1.23 bits per heavy atom. The summed E-state index contributed by atoms with van der Waals surface area (Å²) in [5.74, 6) is 0.654. The second-order valence-electron chi connectivity index (χ2n) is 7.85. The predicted octanol–water partition coefficient (Wildman–Crippen LogP) is 4.80. The number of thioether (sulfide) groups is 1. The number of carbonyl (C=O) groups excluding carboxylic acids is 2. The molecule has 0 N–H and O–H groups in total. The Labute approximate surface area is 222 Å².